The molecule has 0 spiro atoms. The van der Waals surface area contributed by atoms with Gasteiger partial charge in [-0.3, -0.25) is 0 Å². The van der Waals surface area contributed by atoms with Crippen LogP contribution in [0.25, 0.3) is 0 Å². The van der Waals surface area contributed by atoms with Gasteiger partial charge in [0.05, 0.1) is 10.5 Å². The van der Waals surface area contributed by atoms with Crippen molar-refractivity contribution in [1.82, 2.24) is 0 Å². The molecule has 2 N–H and O–H groups in total. The Labute approximate surface area is 111 Å². The maximum Gasteiger partial charge on any atom is 0.157 e. The zero-order chi connectivity index (χ0) is 13.2. The molecule has 0 radical (unpaired) electrons. The third-order valence-electron chi connectivity index (χ3n) is 4.97. The minimum absolute atomic E-state index is 0.0992. The lowest BCUT2D eigenvalue weighted by atomic mass is 9.84. The van der Waals surface area contributed by atoms with Crippen LogP contribution in [0, 0.1) is 5.92 Å². The molecule has 2 saturated carbocycles. The first kappa shape index (κ1) is 14.3. The van der Waals surface area contributed by atoms with Crippen molar-refractivity contribution >= 4 is 9.84 Å². The largest absolute Gasteiger partial charge is 0.327 e. The second kappa shape index (κ2) is 5.91. The van der Waals surface area contributed by atoms with Gasteiger partial charge in [0.15, 0.2) is 9.84 Å². The molecule has 3 atom stereocenters. The smallest absolute Gasteiger partial charge is 0.157 e. The fraction of sp³-hybridized carbons (Fsp3) is 1.00. The van der Waals surface area contributed by atoms with Gasteiger partial charge in [-0.05, 0) is 38.0 Å². The quantitative estimate of drug-likeness (QED) is 0.860. The van der Waals surface area contributed by atoms with E-state index in [-0.39, 0.29) is 16.5 Å². The number of hydrogen-bond donors (Lipinski definition) is 1. The van der Waals surface area contributed by atoms with Crippen molar-refractivity contribution in [3.63, 3.8) is 0 Å². The fourth-order valence-electron chi connectivity index (χ4n) is 3.62. The highest BCUT2D eigenvalue weighted by Gasteiger charge is 2.41. The molecule has 106 valence electrons. The van der Waals surface area contributed by atoms with E-state index in [9.17, 15) is 8.42 Å². The molecule has 0 amide bonds. The topological polar surface area (TPSA) is 60.2 Å². The molecule has 4 heteroatoms. The predicted octanol–water partition coefficient (Wildman–Crippen LogP) is 2.64. The van der Waals surface area contributed by atoms with Gasteiger partial charge in [-0.1, -0.05) is 32.6 Å². The molecule has 2 aliphatic rings. The second-order valence-electron chi connectivity index (χ2n) is 6.14. The number of nitrogens with two attached hydrogens (primary N) is 1. The van der Waals surface area contributed by atoms with Crippen LogP contribution < -0.4 is 5.73 Å². The highest BCUT2D eigenvalue weighted by atomic mass is 32.2. The van der Waals surface area contributed by atoms with Gasteiger partial charge < -0.3 is 5.73 Å². The third-order valence-corrected chi connectivity index (χ3v) is 7.75. The maximum absolute atomic E-state index is 12.7. The predicted molar refractivity (Wildman–Crippen MR) is 75.2 cm³/mol. The molecule has 3 unspecified atom stereocenters. The summed E-state index contributed by atoms with van der Waals surface area (Å²) in [6, 6.07) is -0.125. The highest BCUT2D eigenvalue weighted by Crippen LogP contribution is 2.35. The van der Waals surface area contributed by atoms with Gasteiger partial charge in [0.25, 0.3) is 0 Å². The SMILES string of the molecule is CCC1CCC(N)C(S(=O)(=O)C2CCCCC2)C1. The molecule has 3 nitrogen and oxygen atoms in total. The Hall–Kier alpha value is -0.0900. The van der Waals surface area contributed by atoms with Gasteiger partial charge >= 0.3 is 0 Å². The van der Waals surface area contributed by atoms with Crippen molar-refractivity contribution in [3.05, 3.63) is 0 Å². The zero-order valence-corrected chi connectivity index (χ0v) is 12.3. The van der Waals surface area contributed by atoms with E-state index in [2.05, 4.69) is 6.92 Å². The fourth-order valence-corrected chi connectivity index (χ4v) is 6.27. The monoisotopic (exact) mass is 273 g/mol. The van der Waals surface area contributed by atoms with Gasteiger partial charge in [-0.15, -0.1) is 0 Å². The lowest BCUT2D eigenvalue weighted by molar-refractivity contribution is 0.316. The molecular weight excluding hydrogens is 246 g/mol. The average molecular weight is 273 g/mol. The van der Waals surface area contributed by atoms with E-state index in [1.165, 1.54) is 6.42 Å². The van der Waals surface area contributed by atoms with Crippen LogP contribution in [0.2, 0.25) is 0 Å². The Morgan fingerprint density at radius 3 is 2.33 bits per heavy atom. The molecule has 0 aliphatic heterocycles. The summed E-state index contributed by atoms with van der Waals surface area (Å²) in [4.78, 5) is 0. The first-order chi connectivity index (χ1) is 8.55. The Bertz CT molecular complexity index is 360. The Morgan fingerprint density at radius 2 is 1.72 bits per heavy atom. The van der Waals surface area contributed by atoms with Gasteiger partial charge in [0, 0.05) is 6.04 Å². The lowest BCUT2D eigenvalue weighted by Crippen LogP contribution is -2.48. The van der Waals surface area contributed by atoms with E-state index in [1.54, 1.807) is 0 Å². The molecule has 2 aliphatic carbocycles. The molecular formula is C14H27NO2S. The summed E-state index contributed by atoms with van der Waals surface area (Å²) in [6.07, 6.45) is 8.94. The van der Waals surface area contributed by atoms with Crippen LogP contribution >= 0.6 is 0 Å². The number of hydrogen-bond acceptors (Lipinski definition) is 3. The minimum Gasteiger partial charge on any atom is -0.327 e. The van der Waals surface area contributed by atoms with Crippen LogP contribution in [0.3, 0.4) is 0 Å². The van der Waals surface area contributed by atoms with E-state index in [4.69, 9.17) is 5.73 Å². The maximum atomic E-state index is 12.7. The Morgan fingerprint density at radius 1 is 1.06 bits per heavy atom. The Kier molecular flexibility index (Phi) is 4.70. The van der Waals surface area contributed by atoms with E-state index in [0.717, 1.165) is 51.4 Å². The van der Waals surface area contributed by atoms with Crippen molar-refractivity contribution < 1.29 is 8.42 Å². The summed E-state index contributed by atoms with van der Waals surface area (Å²) in [5, 5.41) is -0.364. The van der Waals surface area contributed by atoms with E-state index in [1.807, 2.05) is 0 Å². The number of sulfone groups is 1. The summed E-state index contributed by atoms with van der Waals surface area (Å²) in [7, 11) is -3.00. The zero-order valence-electron chi connectivity index (χ0n) is 11.5. The van der Waals surface area contributed by atoms with Crippen LogP contribution in [0.5, 0.6) is 0 Å². The molecule has 0 heterocycles. The van der Waals surface area contributed by atoms with Crippen molar-refractivity contribution in [3.8, 4) is 0 Å². The van der Waals surface area contributed by atoms with E-state index >= 15 is 0 Å². The van der Waals surface area contributed by atoms with Crippen LogP contribution in [-0.4, -0.2) is 25.0 Å². The Balaban J connectivity index is 2.11. The molecule has 0 aromatic heterocycles. The van der Waals surface area contributed by atoms with Gasteiger partial charge in [0.1, 0.15) is 0 Å². The summed E-state index contributed by atoms with van der Waals surface area (Å²) in [5.74, 6) is 0.563. The molecule has 0 bridgehead atoms. The first-order valence-electron chi connectivity index (χ1n) is 7.54. The molecule has 0 saturated heterocycles. The highest BCUT2D eigenvalue weighted by molar-refractivity contribution is 7.92. The van der Waals surface area contributed by atoms with Crippen LogP contribution in [0.1, 0.15) is 64.7 Å². The minimum atomic E-state index is -3.00. The van der Waals surface area contributed by atoms with Crippen LogP contribution in [-0.2, 0) is 9.84 Å². The van der Waals surface area contributed by atoms with Crippen LogP contribution in [0.15, 0.2) is 0 Å². The standard InChI is InChI=1S/C14H27NO2S/c1-2-11-8-9-13(15)14(10-11)18(16,17)12-6-4-3-5-7-12/h11-14H,2-10,15H2,1H3. The molecule has 0 aromatic rings. The normalized spacial score (nSPS) is 35.6. The summed E-state index contributed by atoms with van der Waals surface area (Å²) >= 11 is 0. The third kappa shape index (κ3) is 2.90. The molecule has 18 heavy (non-hydrogen) atoms. The average Bonchev–Trinajstić information content (AvgIpc) is 2.40. The molecule has 2 fully saturated rings. The molecule has 0 aromatic carbocycles. The van der Waals surface area contributed by atoms with Crippen molar-refractivity contribution in [2.24, 2.45) is 11.7 Å². The van der Waals surface area contributed by atoms with Crippen molar-refractivity contribution in [1.29, 1.82) is 0 Å². The van der Waals surface area contributed by atoms with E-state index in [0.29, 0.717) is 5.92 Å². The molecule has 2 rings (SSSR count). The van der Waals surface area contributed by atoms with Crippen molar-refractivity contribution in [2.75, 3.05) is 0 Å². The first-order valence-corrected chi connectivity index (χ1v) is 9.15. The van der Waals surface area contributed by atoms with Gasteiger partial charge in [-0.2, -0.15) is 0 Å². The summed E-state index contributed by atoms with van der Waals surface area (Å²) in [5.41, 5.74) is 6.11. The van der Waals surface area contributed by atoms with Crippen LogP contribution in [0.4, 0.5) is 0 Å². The van der Waals surface area contributed by atoms with Gasteiger partial charge in [0.2, 0.25) is 0 Å². The van der Waals surface area contributed by atoms with Crippen molar-refractivity contribution in [2.45, 2.75) is 81.3 Å². The van der Waals surface area contributed by atoms with E-state index < -0.39 is 9.84 Å². The van der Waals surface area contributed by atoms with Gasteiger partial charge in [-0.25, -0.2) is 8.42 Å². The second-order valence-corrected chi connectivity index (χ2v) is 8.59. The number of rotatable bonds is 3. The summed E-state index contributed by atoms with van der Waals surface area (Å²) < 4.78 is 25.5. The summed E-state index contributed by atoms with van der Waals surface area (Å²) in [6.45, 7) is 2.16. The lowest BCUT2D eigenvalue weighted by Gasteiger charge is -2.36.